The average Bonchev–Trinajstić information content (AvgIpc) is 3.53. The first-order valence-electron chi connectivity index (χ1n) is 10.5. The van der Waals surface area contributed by atoms with Gasteiger partial charge in [0, 0.05) is 37.3 Å². The van der Waals surface area contributed by atoms with E-state index in [2.05, 4.69) is 25.1 Å². The molecule has 2 aromatic heterocycles. The summed E-state index contributed by atoms with van der Waals surface area (Å²) in [6.45, 7) is 5.44. The molecule has 0 bridgehead atoms. The highest BCUT2D eigenvalue weighted by atomic mass is 16.5. The largest absolute Gasteiger partial charge is 0.338 e. The van der Waals surface area contributed by atoms with Gasteiger partial charge in [0.15, 0.2) is 0 Å². The van der Waals surface area contributed by atoms with Crippen molar-refractivity contribution in [2.24, 2.45) is 0 Å². The summed E-state index contributed by atoms with van der Waals surface area (Å²) in [5, 5.41) is 8.21. The van der Waals surface area contributed by atoms with Gasteiger partial charge in [-0.15, -0.1) is 0 Å². The maximum Gasteiger partial charge on any atom is 0.253 e. The van der Waals surface area contributed by atoms with Crippen molar-refractivity contribution in [3.05, 3.63) is 78.2 Å². The molecule has 0 unspecified atom stereocenters. The smallest absolute Gasteiger partial charge is 0.253 e. The molecule has 1 saturated heterocycles. The zero-order chi connectivity index (χ0) is 21.9. The number of amides is 1. The average molecular weight is 429 g/mol. The number of rotatable bonds is 5. The van der Waals surface area contributed by atoms with Crippen molar-refractivity contribution < 1.29 is 9.32 Å². The summed E-state index contributed by atoms with van der Waals surface area (Å²) in [5.41, 5.74) is 3.67. The third-order valence-electron chi connectivity index (χ3n) is 5.59. The van der Waals surface area contributed by atoms with Crippen LogP contribution in [-0.4, -0.2) is 66.8 Å². The second-order valence-electron chi connectivity index (χ2n) is 7.83. The van der Waals surface area contributed by atoms with Crippen molar-refractivity contribution in [3.8, 4) is 17.1 Å². The number of benzene rings is 2. The third-order valence-corrected chi connectivity index (χ3v) is 5.59. The zero-order valence-electron chi connectivity index (χ0n) is 17.8. The predicted molar refractivity (Wildman–Crippen MR) is 117 cm³/mol. The maximum atomic E-state index is 12.9. The van der Waals surface area contributed by atoms with Crippen molar-refractivity contribution in [2.75, 3.05) is 26.2 Å². The Morgan fingerprint density at radius 2 is 1.75 bits per heavy atom. The topological polar surface area (TPSA) is 93.2 Å². The van der Waals surface area contributed by atoms with Crippen LogP contribution in [0, 0.1) is 6.92 Å². The molecule has 9 heteroatoms. The van der Waals surface area contributed by atoms with Gasteiger partial charge in [0.2, 0.25) is 11.7 Å². The zero-order valence-corrected chi connectivity index (χ0v) is 17.8. The Bertz CT molecular complexity index is 1180. The van der Waals surface area contributed by atoms with E-state index in [1.54, 1.807) is 11.0 Å². The second kappa shape index (κ2) is 8.72. The highest BCUT2D eigenvalue weighted by molar-refractivity contribution is 5.94. The Balaban J connectivity index is 1.16. The highest BCUT2D eigenvalue weighted by Gasteiger charge is 2.23. The number of carbonyl (C=O) groups excluding carboxylic acids is 1. The van der Waals surface area contributed by atoms with Gasteiger partial charge in [-0.25, -0.2) is 9.67 Å². The third kappa shape index (κ3) is 4.28. The molecule has 32 heavy (non-hydrogen) atoms. The first-order chi connectivity index (χ1) is 15.7. The van der Waals surface area contributed by atoms with Crippen LogP contribution in [0.4, 0.5) is 0 Å². The molecular weight excluding hydrogens is 406 g/mol. The molecule has 0 atom stereocenters. The molecule has 1 fully saturated rings. The lowest BCUT2D eigenvalue weighted by Crippen LogP contribution is -2.48. The van der Waals surface area contributed by atoms with Gasteiger partial charge in [0.25, 0.3) is 5.91 Å². The molecule has 0 radical (unpaired) electrons. The van der Waals surface area contributed by atoms with Gasteiger partial charge in [-0.05, 0) is 31.2 Å². The molecule has 0 aliphatic carbocycles. The fourth-order valence-corrected chi connectivity index (χ4v) is 3.72. The molecular formula is C23H23N7O2. The first-order valence-corrected chi connectivity index (χ1v) is 10.5. The Hall–Kier alpha value is -3.85. The Labute approximate surface area is 185 Å². The number of hydrogen-bond donors (Lipinski definition) is 0. The molecule has 162 valence electrons. The molecule has 5 rings (SSSR count). The van der Waals surface area contributed by atoms with E-state index in [9.17, 15) is 4.79 Å². The predicted octanol–water partition coefficient (Wildman–Crippen LogP) is 2.58. The van der Waals surface area contributed by atoms with Crippen molar-refractivity contribution in [1.29, 1.82) is 0 Å². The van der Waals surface area contributed by atoms with Gasteiger partial charge in [-0.1, -0.05) is 35.0 Å². The Morgan fingerprint density at radius 3 is 2.44 bits per heavy atom. The molecule has 2 aromatic carbocycles. The fraction of sp³-hybridized carbons (Fsp3) is 0.261. The molecule has 0 saturated carbocycles. The lowest BCUT2D eigenvalue weighted by molar-refractivity contribution is 0.0615. The summed E-state index contributed by atoms with van der Waals surface area (Å²) in [7, 11) is 0. The van der Waals surface area contributed by atoms with Crippen molar-refractivity contribution in [3.63, 3.8) is 0 Å². The summed E-state index contributed by atoms with van der Waals surface area (Å²) < 4.78 is 7.10. The Kier molecular flexibility index (Phi) is 5.47. The van der Waals surface area contributed by atoms with Crippen LogP contribution >= 0.6 is 0 Å². The maximum absolute atomic E-state index is 12.9. The highest BCUT2D eigenvalue weighted by Crippen LogP contribution is 2.18. The summed E-state index contributed by atoms with van der Waals surface area (Å²) in [4.78, 5) is 25.5. The molecule has 4 aromatic rings. The number of hydrogen-bond acceptors (Lipinski definition) is 7. The van der Waals surface area contributed by atoms with Crippen molar-refractivity contribution >= 4 is 5.91 Å². The van der Waals surface area contributed by atoms with E-state index in [-0.39, 0.29) is 5.91 Å². The number of aromatic nitrogens is 5. The van der Waals surface area contributed by atoms with Crippen LogP contribution < -0.4 is 0 Å². The van der Waals surface area contributed by atoms with Crippen LogP contribution in [0.1, 0.15) is 21.8 Å². The fourth-order valence-electron chi connectivity index (χ4n) is 3.72. The minimum atomic E-state index is 0.0363. The van der Waals surface area contributed by atoms with Crippen LogP contribution in [0.2, 0.25) is 0 Å². The minimum absolute atomic E-state index is 0.0363. The number of aryl methyl sites for hydroxylation is 1. The number of piperazine rings is 1. The van der Waals surface area contributed by atoms with Crippen LogP contribution in [0.3, 0.4) is 0 Å². The van der Waals surface area contributed by atoms with Crippen molar-refractivity contribution in [2.45, 2.75) is 13.5 Å². The van der Waals surface area contributed by atoms with Gasteiger partial charge in [0.1, 0.15) is 12.7 Å². The van der Waals surface area contributed by atoms with Gasteiger partial charge in [0.05, 0.1) is 12.2 Å². The van der Waals surface area contributed by atoms with Crippen LogP contribution in [0.5, 0.6) is 0 Å². The van der Waals surface area contributed by atoms with E-state index in [0.29, 0.717) is 36.9 Å². The molecule has 0 N–H and O–H groups in total. The quantitative estimate of drug-likeness (QED) is 0.481. The van der Waals surface area contributed by atoms with Crippen LogP contribution in [0.25, 0.3) is 17.1 Å². The molecule has 1 aliphatic heterocycles. The number of carbonyl (C=O) groups is 1. The van der Waals surface area contributed by atoms with E-state index >= 15 is 0 Å². The van der Waals surface area contributed by atoms with Crippen molar-refractivity contribution in [1.82, 2.24) is 34.7 Å². The molecule has 9 nitrogen and oxygen atoms in total. The van der Waals surface area contributed by atoms with E-state index in [4.69, 9.17) is 4.52 Å². The molecule has 3 heterocycles. The summed E-state index contributed by atoms with van der Waals surface area (Å²) in [6.07, 6.45) is 3.11. The van der Waals surface area contributed by atoms with Crippen LogP contribution in [0.15, 0.2) is 65.7 Å². The van der Waals surface area contributed by atoms with E-state index in [1.807, 2.05) is 60.4 Å². The van der Waals surface area contributed by atoms with Crippen LogP contribution in [-0.2, 0) is 6.54 Å². The SMILES string of the molecule is Cc1ccc(-c2noc(CN3CCN(C(=O)c4ccc(-n5cncn5)cc4)CC3)n2)cc1. The van der Waals surface area contributed by atoms with E-state index in [0.717, 1.165) is 24.3 Å². The minimum Gasteiger partial charge on any atom is -0.338 e. The normalized spacial score (nSPS) is 14.6. The van der Waals surface area contributed by atoms with E-state index in [1.165, 1.54) is 11.9 Å². The van der Waals surface area contributed by atoms with Gasteiger partial charge in [-0.2, -0.15) is 10.1 Å². The number of nitrogens with zero attached hydrogens (tertiary/aromatic N) is 7. The van der Waals surface area contributed by atoms with E-state index < -0.39 is 0 Å². The standard InChI is InChI=1S/C23H23N7O2/c1-17-2-4-18(5-3-17)22-26-21(32-27-22)14-28-10-12-29(13-11-28)23(31)19-6-8-20(9-7-19)30-16-24-15-25-30/h2-9,15-16H,10-14H2,1H3. The monoisotopic (exact) mass is 429 g/mol. The molecule has 1 aliphatic rings. The lowest BCUT2D eigenvalue weighted by atomic mass is 10.1. The van der Waals surface area contributed by atoms with Gasteiger partial charge in [-0.3, -0.25) is 9.69 Å². The summed E-state index contributed by atoms with van der Waals surface area (Å²) >= 11 is 0. The van der Waals surface area contributed by atoms with Gasteiger partial charge < -0.3 is 9.42 Å². The summed E-state index contributed by atoms with van der Waals surface area (Å²) in [5.74, 6) is 1.22. The first kappa shape index (κ1) is 20.1. The Morgan fingerprint density at radius 1 is 1.00 bits per heavy atom. The summed E-state index contributed by atoms with van der Waals surface area (Å²) in [6, 6.07) is 15.5. The van der Waals surface area contributed by atoms with Gasteiger partial charge >= 0.3 is 0 Å². The molecule has 0 spiro atoms. The second-order valence-corrected chi connectivity index (χ2v) is 7.83. The lowest BCUT2D eigenvalue weighted by Gasteiger charge is -2.34. The molecule has 1 amide bonds.